The average Bonchev–Trinajstić information content (AvgIpc) is 3.13. The number of ether oxygens (including phenoxy) is 2. The lowest BCUT2D eigenvalue weighted by Gasteiger charge is -2.20. The number of carboxylic acids is 1. The molecule has 6 heteroatoms. The first kappa shape index (κ1) is 20.1. The molecule has 0 aliphatic heterocycles. The Kier molecular flexibility index (Phi) is 7.75. The highest BCUT2D eigenvalue weighted by Crippen LogP contribution is 2.32. The maximum Gasteiger partial charge on any atom is 0.305 e. The molecule has 2 N–H and O–H groups in total. The first-order valence-electron chi connectivity index (χ1n) is 9.26. The van der Waals surface area contributed by atoms with E-state index in [1.54, 1.807) is 25.3 Å². The molecule has 26 heavy (non-hydrogen) atoms. The number of hydrogen-bond acceptors (Lipinski definition) is 4. The topological polar surface area (TPSA) is 84.9 Å². The van der Waals surface area contributed by atoms with E-state index in [1.165, 1.54) is 32.8 Å². The van der Waals surface area contributed by atoms with E-state index in [0.717, 1.165) is 18.8 Å². The highest BCUT2D eigenvalue weighted by molar-refractivity contribution is 5.78. The van der Waals surface area contributed by atoms with Gasteiger partial charge in [-0.15, -0.1) is 0 Å². The molecule has 0 aromatic heterocycles. The summed E-state index contributed by atoms with van der Waals surface area (Å²) < 4.78 is 10.5. The van der Waals surface area contributed by atoms with Crippen molar-refractivity contribution in [2.45, 2.75) is 57.4 Å². The molecular weight excluding hydrogens is 334 g/mol. The van der Waals surface area contributed by atoms with Gasteiger partial charge < -0.3 is 19.9 Å². The lowest BCUT2D eigenvalue weighted by atomic mass is 9.99. The second kappa shape index (κ2) is 10.0. The Morgan fingerprint density at radius 3 is 2.58 bits per heavy atom. The number of nitrogens with one attached hydrogen (secondary N) is 1. The van der Waals surface area contributed by atoms with Crippen molar-refractivity contribution in [2.24, 2.45) is 5.92 Å². The van der Waals surface area contributed by atoms with Crippen LogP contribution in [0.15, 0.2) is 18.2 Å². The molecular formula is C20H29NO5. The monoisotopic (exact) mass is 363 g/mol. The van der Waals surface area contributed by atoms with Crippen LogP contribution in [0.5, 0.6) is 11.5 Å². The van der Waals surface area contributed by atoms with Crippen molar-refractivity contribution in [1.82, 2.24) is 5.32 Å². The number of rotatable bonds is 10. The maximum absolute atomic E-state index is 12.3. The number of aliphatic carboxylic acids is 1. The van der Waals surface area contributed by atoms with E-state index in [2.05, 4.69) is 5.32 Å². The number of methoxy groups -OCH3 is 2. The molecule has 0 heterocycles. The molecule has 2 rings (SSSR count). The van der Waals surface area contributed by atoms with E-state index < -0.39 is 12.0 Å². The fraction of sp³-hybridized carbons (Fsp3) is 0.600. The lowest BCUT2D eigenvalue weighted by molar-refractivity contribution is -0.137. The van der Waals surface area contributed by atoms with Crippen molar-refractivity contribution < 1.29 is 24.2 Å². The Morgan fingerprint density at radius 2 is 1.96 bits per heavy atom. The van der Waals surface area contributed by atoms with Crippen LogP contribution in [0.4, 0.5) is 0 Å². The molecule has 0 spiro atoms. The standard InChI is InChI=1S/C20H29NO5/c1-25-15-10-11-16(18(12-15)26-2)17(13-20(23)24)21-19(22)9-5-8-14-6-3-4-7-14/h10-12,14,17H,3-9,13H2,1-2H3,(H,21,22)(H,23,24). The lowest BCUT2D eigenvalue weighted by Crippen LogP contribution is -2.30. The van der Waals surface area contributed by atoms with Gasteiger partial charge in [-0.3, -0.25) is 9.59 Å². The molecule has 1 aromatic rings. The van der Waals surface area contributed by atoms with Crippen LogP contribution in [0.1, 0.15) is 63.0 Å². The molecule has 1 unspecified atom stereocenters. The number of benzene rings is 1. The summed E-state index contributed by atoms with van der Waals surface area (Å²) in [4.78, 5) is 23.6. The van der Waals surface area contributed by atoms with Gasteiger partial charge in [0.2, 0.25) is 5.91 Å². The predicted molar refractivity (Wildman–Crippen MR) is 98.5 cm³/mol. The van der Waals surface area contributed by atoms with Gasteiger partial charge in [-0.2, -0.15) is 0 Å². The maximum atomic E-state index is 12.3. The van der Waals surface area contributed by atoms with E-state index in [4.69, 9.17) is 9.47 Å². The van der Waals surface area contributed by atoms with Crippen molar-refractivity contribution in [3.05, 3.63) is 23.8 Å². The Labute approximate surface area is 154 Å². The molecule has 0 bridgehead atoms. The Morgan fingerprint density at radius 1 is 1.23 bits per heavy atom. The minimum absolute atomic E-state index is 0.118. The Bertz CT molecular complexity index is 610. The molecule has 1 atom stereocenters. The van der Waals surface area contributed by atoms with Gasteiger partial charge in [0.25, 0.3) is 0 Å². The minimum Gasteiger partial charge on any atom is -0.497 e. The number of hydrogen-bond donors (Lipinski definition) is 2. The molecule has 1 aliphatic carbocycles. The summed E-state index contributed by atoms with van der Waals surface area (Å²) in [5.41, 5.74) is 0.639. The fourth-order valence-electron chi connectivity index (χ4n) is 3.64. The smallest absolute Gasteiger partial charge is 0.305 e. The molecule has 1 aliphatic rings. The third-order valence-corrected chi connectivity index (χ3v) is 5.02. The summed E-state index contributed by atoms with van der Waals surface area (Å²) in [6.45, 7) is 0. The van der Waals surface area contributed by atoms with Crippen molar-refractivity contribution in [1.29, 1.82) is 0 Å². The van der Waals surface area contributed by atoms with Crippen molar-refractivity contribution in [3.8, 4) is 11.5 Å². The summed E-state index contributed by atoms with van der Waals surface area (Å²) >= 11 is 0. The summed E-state index contributed by atoms with van der Waals surface area (Å²) in [5, 5.41) is 12.1. The number of carbonyl (C=O) groups excluding carboxylic acids is 1. The predicted octanol–water partition coefficient (Wildman–Crippen LogP) is 3.70. The normalized spacial score (nSPS) is 15.5. The molecule has 6 nitrogen and oxygen atoms in total. The van der Waals surface area contributed by atoms with Gasteiger partial charge in [0.15, 0.2) is 0 Å². The van der Waals surface area contributed by atoms with E-state index in [9.17, 15) is 14.7 Å². The highest BCUT2D eigenvalue weighted by atomic mass is 16.5. The van der Waals surface area contributed by atoms with Crippen LogP contribution in [0.3, 0.4) is 0 Å². The summed E-state index contributed by atoms with van der Waals surface area (Å²) in [5.74, 6) is 0.773. The quantitative estimate of drug-likeness (QED) is 0.662. The largest absolute Gasteiger partial charge is 0.497 e. The van der Waals surface area contributed by atoms with E-state index in [1.807, 2.05) is 0 Å². The molecule has 1 amide bonds. The SMILES string of the molecule is COc1ccc(C(CC(=O)O)NC(=O)CCCC2CCCC2)c(OC)c1. The van der Waals surface area contributed by atoms with Gasteiger partial charge in [0, 0.05) is 18.1 Å². The van der Waals surface area contributed by atoms with Crippen LogP contribution in [0, 0.1) is 5.92 Å². The Hall–Kier alpha value is -2.24. The third-order valence-electron chi connectivity index (χ3n) is 5.02. The van der Waals surface area contributed by atoms with Crippen LogP contribution in [-0.4, -0.2) is 31.2 Å². The molecule has 144 valence electrons. The van der Waals surface area contributed by atoms with Crippen molar-refractivity contribution in [3.63, 3.8) is 0 Å². The van der Waals surface area contributed by atoms with Gasteiger partial charge in [-0.05, 0) is 30.9 Å². The van der Waals surface area contributed by atoms with Crippen LogP contribution in [0.2, 0.25) is 0 Å². The average molecular weight is 363 g/mol. The minimum atomic E-state index is -0.973. The van der Waals surface area contributed by atoms with Gasteiger partial charge in [-0.1, -0.05) is 25.7 Å². The molecule has 1 aromatic carbocycles. The van der Waals surface area contributed by atoms with E-state index >= 15 is 0 Å². The van der Waals surface area contributed by atoms with E-state index in [0.29, 0.717) is 23.5 Å². The Balaban J connectivity index is 1.99. The zero-order valence-electron chi connectivity index (χ0n) is 15.6. The molecule has 1 saturated carbocycles. The second-order valence-corrected chi connectivity index (χ2v) is 6.87. The van der Waals surface area contributed by atoms with E-state index in [-0.39, 0.29) is 12.3 Å². The molecule has 0 radical (unpaired) electrons. The molecule has 1 fully saturated rings. The second-order valence-electron chi connectivity index (χ2n) is 6.87. The zero-order chi connectivity index (χ0) is 18.9. The van der Waals surface area contributed by atoms with Crippen molar-refractivity contribution >= 4 is 11.9 Å². The van der Waals surface area contributed by atoms with Crippen LogP contribution in [0.25, 0.3) is 0 Å². The molecule has 0 saturated heterocycles. The fourth-order valence-corrected chi connectivity index (χ4v) is 3.64. The van der Waals surface area contributed by atoms with Gasteiger partial charge >= 0.3 is 5.97 Å². The summed E-state index contributed by atoms with van der Waals surface area (Å²) in [7, 11) is 3.06. The van der Waals surface area contributed by atoms with Gasteiger partial charge in [0.1, 0.15) is 11.5 Å². The number of carboxylic acid groups (broad SMARTS) is 1. The third kappa shape index (κ3) is 5.93. The van der Waals surface area contributed by atoms with Crippen LogP contribution in [-0.2, 0) is 9.59 Å². The van der Waals surface area contributed by atoms with Gasteiger partial charge in [-0.25, -0.2) is 0 Å². The highest BCUT2D eigenvalue weighted by Gasteiger charge is 2.22. The van der Waals surface area contributed by atoms with Gasteiger partial charge in [0.05, 0.1) is 26.7 Å². The number of amides is 1. The first-order chi connectivity index (χ1) is 12.5. The summed E-state index contributed by atoms with van der Waals surface area (Å²) in [6, 6.07) is 4.53. The van der Waals surface area contributed by atoms with Crippen LogP contribution < -0.4 is 14.8 Å². The zero-order valence-corrected chi connectivity index (χ0v) is 15.6. The summed E-state index contributed by atoms with van der Waals surface area (Å²) in [6.07, 6.45) is 7.28. The van der Waals surface area contributed by atoms with Crippen LogP contribution >= 0.6 is 0 Å². The van der Waals surface area contributed by atoms with Crippen molar-refractivity contribution in [2.75, 3.05) is 14.2 Å². The first-order valence-corrected chi connectivity index (χ1v) is 9.26. The number of carbonyl (C=O) groups is 2.